The standard InChI is InChI=1S/C18H24N4OS/c1-12-7-8-13(2)15(9-12)19-17(23)11-24-18-20-16(21-22-18)10-14-5-3-4-6-14/h7-9,14H,3-6,10-11H2,1-2H3,(H,19,23)(H,20,21,22). The van der Waals surface area contributed by atoms with E-state index in [1.54, 1.807) is 0 Å². The minimum Gasteiger partial charge on any atom is -0.325 e. The van der Waals surface area contributed by atoms with Crippen molar-refractivity contribution < 1.29 is 4.79 Å². The van der Waals surface area contributed by atoms with Gasteiger partial charge in [-0.2, -0.15) is 0 Å². The third-order valence-electron chi connectivity index (χ3n) is 4.47. The summed E-state index contributed by atoms with van der Waals surface area (Å²) in [6.07, 6.45) is 6.23. The SMILES string of the molecule is Cc1ccc(C)c(NC(=O)CSc2n[nH]c(CC3CCCC3)n2)c1. The van der Waals surface area contributed by atoms with Crippen LogP contribution in [0.25, 0.3) is 0 Å². The van der Waals surface area contributed by atoms with Crippen LogP contribution in [0.5, 0.6) is 0 Å². The summed E-state index contributed by atoms with van der Waals surface area (Å²) in [6, 6.07) is 6.05. The van der Waals surface area contributed by atoms with Gasteiger partial charge in [-0.05, 0) is 37.0 Å². The van der Waals surface area contributed by atoms with E-state index in [-0.39, 0.29) is 5.91 Å². The number of aromatic nitrogens is 3. The van der Waals surface area contributed by atoms with E-state index < -0.39 is 0 Å². The number of nitrogens with one attached hydrogen (secondary N) is 2. The maximum Gasteiger partial charge on any atom is 0.234 e. The number of hydrogen-bond donors (Lipinski definition) is 2. The minimum atomic E-state index is -0.0316. The predicted octanol–water partition coefficient (Wildman–Crippen LogP) is 3.89. The van der Waals surface area contributed by atoms with Gasteiger partial charge in [0.1, 0.15) is 5.82 Å². The van der Waals surface area contributed by atoms with Crippen molar-refractivity contribution >= 4 is 23.4 Å². The zero-order valence-electron chi connectivity index (χ0n) is 14.3. The summed E-state index contributed by atoms with van der Waals surface area (Å²) in [7, 11) is 0. The molecule has 128 valence electrons. The van der Waals surface area contributed by atoms with Crippen LogP contribution in [0.3, 0.4) is 0 Å². The number of hydrogen-bond acceptors (Lipinski definition) is 4. The molecule has 1 saturated carbocycles. The topological polar surface area (TPSA) is 70.7 Å². The van der Waals surface area contributed by atoms with Crippen LogP contribution in [-0.2, 0) is 11.2 Å². The minimum absolute atomic E-state index is 0.0316. The highest BCUT2D eigenvalue weighted by Crippen LogP contribution is 2.27. The molecular weight excluding hydrogens is 320 g/mol. The molecule has 0 unspecified atom stereocenters. The molecule has 1 aromatic heterocycles. The van der Waals surface area contributed by atoms with Gasteiger partial charge in [-0.15, -0.1) is 5.10 Å². The Kier molecular flexibility index (Phi) is 5.56. The van der Waals surface area contributed by atoms with E-state index in [9.17, 15) is 4.79 Å². The number of amides is 1. The number of anilines is 1. The van der Waals surface area contributed by atoms with Gasteiger partial charge < -0.3 is 5.32 Å². The molecule has 0 aliphatic heterocycles. The number of rotatable bonds is 6. The van der Waals surface area contributed by atoms with Crippen LogP contribution in [0.2, 0.25) is 0 Å². The van der Waals surface area contributed by atoms with Gasteiger partial charge in [-0.1, -0.05) is 49.6 Å². The average Bonchev–Trinajstić information content (AvgIpc) is 3.21. The fourth-order valence-electron chi connectivity index (χ4n) is 3.11. The molecule has 1 amide bonds. The molecule has 0 radical (unpaired) electrons. The number of carbonyl (C=O) groups is 1. The Morgan fingerprint density at radius 2 is 2.12 bits per heavy atom. The number of thioether (sulfide) groups is 1. The summed E-state index contributed by atoms with van der Waals surface area (Å²) in [5.74, 6) is 1.97. The molecule has 1 aliphatic carbocycles. The Morgan fingerprint density at radius 1 is 1.33 bits per heavy atom. The number of carbonyl (C=O) groups excluding carboxylic acids is 1. The van der Waals surface area contributed by atoms with Crippen molar-refractivity contribution in [2.24, 2.45) is 5.92 Å². The lowest BCUT2D eigenvalue weighted by atomic mass is 10.0. The molecule has 1 heterocycles. The van der Waals surface area contributed by atoms with E-state index >= 15 is 0 Å². The molecule has 2 aromatic rings. The molecule has 0 bridgehead atoms. The monoisotopic (exact) mass is 344 g/mol. The summed E-state index contributed by atoms with van der Waals surface area (Å²) in [4.78, 5) is 16.6. The molecule has 0 saturated heterocycles. The summed E-state index contributed by atoms with van der Waals surface area (Å²) in [6.45, 7) is 4.01. The Bertz CT molecular complexity index is 707. The van der Waals surface area contributed by atoms with Crippen molar-refractivity contribution in [2.75, 3.05) is 11.1 Å². The van der Waals surface area contributed by atoms with Crippen molar-refractivity contribution in [2.45, 2.75) is 51.1 Å². The molecule has 1 fully saturated rings. The van der Waals surface area contributed by atoms with Crippen molar-refractivity contribution in [3.05, 3.63) is 35.2 Å². The lowest BCUT2D eigenvalue weighted by molar-refractivity contribution is -0.113. The van der Waals surface area contributed by atoms with Crippen LogP contribution in [0.1, 0.15) is 42.6 Å². The Morgan fingerprint density at radius 3 is 2.92 bits per heavy atom. The second-order valence-corrected chi connectivity index (χ2v) is 7.52. The highest BCUT2D eigenvalue weighted by atomic mass is 32.2. The van der Waals surface area contributed by atoms with Gasteiger partial charge in [0.05, 0.1) is 5.75 Å². The summed E-state index contributed by atoms with van der Waals surface area (Å²) < 4.78 is 0. The van der Waals surface area contributed by atoms with Gasteiger partial charge in [0.15, 0.2) is 0 Å². The first kappa shape index (κ1) is 17.0. The number of nitrogens with zero attached hydrogens (tertiary/aromatic N) is 2. The lowest BCUT2D eigenvalue weighted by Gasteiger charge is -2.08. The number of H-pyrrole nitrogens is 1. The third-order valence-corrected chi connectivity index (χ3v) is 5.31. The van der Waals surface area contributed by atoms with Crippen molar-refractivity contribution in [3.63, 3.8) is 0 Å². The fraction of sp³-hybridized carbons (Fsp3) is 0.500. The fourth-order valence-corrected chi connectivity index (χ4v) is 3.73. The Hall–Kier alpha value is -1.82. The van der Waals surface area contributed by atoms with E-state index in [4.69, 9.17) is 0 Å². The van der Waals surface area contributed by atoms with Crippen LogP contribution >= 0.6 is 11.8 Å². The maximum atomic E-state index is 12.1. The smallest absolute Gasteiger partial charge is 0.234 e. The van der Waals surface area contributed by atoms with Gasteiger partial charge in [0, 0.05) is 12.1 Å². The average molecular weight is 344 g/mol. The van der Waals surface area contributed by atoms with Gasteiger partial charge >= 0.3 is 0 Å². The molecule has 1 aromatic carbocycles. The predicted molar refractivity (Wildman–Crippen MR) is 97.3 cm³/mol. The first-order valence-electron chi connectivity index (χ1n) is 8.51. The third kappa shape index (κ3) is 4.60. The zero-order valence-corrected chi connectivity index (χ0v) is 15.1. The normalized spacial score (nSPS) is 14.9. The first-order chi connectivity index (χ1) is 11.6. The highest BCUT2D eigenvalue weighted by molar-refractivity contribution is 7.99. The van der Waals surface area contributed by atoms with E-state index in [2.05, 4.69) is 20.5 Å². The highest BCUT2D eigenvalue weighted by Gasteiger charge is 2.17. The van der Waals surface area contributed by atoms with Crippen molar-refractivity contribution in [1.82, 2.24) is 15.2 Å². The van der Waals surface area contributed by atoms with E-state index in [0.29, 0.717) is 10.9 Å². The molecule has 6 heteroatoms. The van der Waals surface area contributed by atoms with Crippen molar-refractivity contribution in [1.29, 1.82) is 0 Å². The Labute approximate surface area is 147 Å². The number of benzene rings is 1. The quantitative estimate of drug-likeness (QED) is 0.780. The molecule has 0 atom stereocenters. The molecule has 24 heavy (non-hydrogen) atoms. The van der Waals surface area contributed by atoms with Crippen LogP contribution < -0.4 is 5.32 Å². The van der Waals surface area contributed by atoms with Gasteiger partial charge in [-0.3, -0.25) is 9.89 Å². The second-order valence-electron chi connectivity index (χ2n) is 6.57. The number of aromatic amines is 1. The van der Waals surface area contributed by atoms with E-state index in [0.717, 1.165) is 35.0 Å². The van der Waals surface area contributed by atoms with E-state index in [1.165, 1.54) is 37.4 Å². The largest absolute Gasteiger partial charge is 0.325 e. The Balaban J connectivity index is 1.49. The lowest BCUT2D eigenvalue weighted by Crippen LogP contribution is -2.15. The zero-order chi connectivity index (χ0) is 16.9. The first-order valence-corrected chi connectivity index (χ1v) is 9.50. The van der Waals surface area contributed by atoms with Crippen LogP contribution in [0.4, 0.5) is 5.69 Å². The summed E-state index contributed by atoms with van der Waals surface area (Å²) >= 11 is 1.37. The molecule has 0 spiro atoms. The molecule has 2 N–H and O–H groups in total. The summed E-state index contributed by atoms with van der Waals surface area (Å²) in [5, 5.41) is 10.8. The van der Waals surface area contributed by atoms with Crippen LogP contribution in [-0.4, -0.2) is 26.8 Å². The molecular formula is C18H24N4OS. The molecule has 3 rings (SSSR count). The molecule has 1 aliphatic rings. The maximum absolute atomic E-state index is 12.1. The number of aryl methyl sites for hydroxylation is 2. The van der Waals surface area contributed by atoms with E-state index in [1.807, 2.05) is 32.0 Å². The van der Waals surface area contributed by atoms with Crippen LogP contribution in [0, 0.1) is 19.8 Å². The van der Waals surface area contributed by atoms with Crippen molar-refractivity contribution in [3.8, 4) is 0 Å². The van der Waals surface area contributed by atoms with Crippen LogP contribution in [0.15, 0.2) is 23.4 Å². The van der Waals surface area contributed by atoms with Gasteiger partial charge in [0.25, 0.3) is 0 Å². The van der Waals surface area contributed by atoms with Gasteiger partial charge in [0.2, 0.25) is 11.1 Å². The second kappa shape index (κ2) is 7.83. The molecule has 5 nitrogen and oxygen atoms in total. The van der Waals surface area contributed by atoms with Gasteiger partial charge in [-0.25, -0.2) is 4.98 Å². The summed E-state index contributed by atoms with van der Waals surface area (Å²) in [5.41, 5.74) is 3.07.